The third-order valence-electron chi connectivity index (χ3n) is 6.60. The lowest BCUT2D eigenvalue weighted by Crippen LogP contribution is -2.36. The molecule has 2 aliphatic rings. The standard InChI is InChI=1S/C31H32N4O6/c1-23(41-31(37)27(21-33)19-25-4-8-29(9-5-25)35-12-16-39-17-13-35)22-40-30(36)26(20-32)18-24-2-6-28(7-3-24)34-10-14-38-15-11-34/h2-9,18-19,23H,10-17,22H2,1H3. The third-order valence-corrected chi connectivity index (χ3v) is 6.60. The monoisotopic (exact) mass is 556 g/mol. The van der Waals surface area contributed by atoms with E-state index in [2.05, 4.69) is 9.80 Å². The molecular weight excluding hydrogens is 524 g/mol. The van der Waals surface area contributed by atoms with E-state index in [1.807, 2.05) is 60.7 Å². The Bertz CT molecular complexity index is 1340. The SMILES string of the molecule is CC(COC(=O)C(C#N)=Cc1ccc(N2CCOCC2)cc1)OC(=O)C(C#N)=Cc1ccc(N2CCOCC2)cc1. The maximum absolute atomic E-state index is 12.6. The van der Waals surface area contributed by atoms with Crippen LogP contribution in [0.15, 0.2) is 59.7 Å². The largest absolute Gasteiger partial charge is 0.458 e. The van der Waals surface area contributed by atoms with E-state index in [0.29, 0.717) is 37.6 Å². The van der Waals surface area contributed by atoms with Crippen LogP contribution in [0.3, 0.4) is 0 Å². The van der Waals surface area contributed by atoms with Crippen LogP contribution in [0.2, 0.25) is 0 Å². The van der Waals surface area contributed by atoms with Gasteiger partial charge in [-0.1, -0.05) is 24.3 Å². The first-order chi connectivity index (χ1) is 20.0. The molecule has 2 saturated heterocycles. The molecule has 0 spiro atoms. The predicted octanol–water partition coefficient (Wildman–Crippen LogP) is 3.35. The van der Waals surface area contributed by atoms with Gasteiger partial charge in [0.2, 0.25) is 0 Å². The lowest BCUT2D eigenvalue weighted by atomic mass is 10.1. The Balaban J connectivity index is 1.28. The Morgan fingerprint density at radius 3 is 1.61 bits per heavy atom. The second-order valence-corrected chi connectivity index (χ2v) is 9.54. The summed E-state index contributed by atoms with van der Waals surface area (Å²) in [5.41, 5.74) is 3.07. The van der Waals surface area contributed by atoms with Crippen LogP contribution in [0.5, 0.6) is 0 Å². The van der Waals surface area contributed by atoms with Crippen molar-refractivity contribution in [2.75, 3.05) is 69.0 Å². The van der Waals surface area contributed by atoms with Crippen molar-refractivity contribution in [2.45, 2.75) is 13.0 Å². The number of anilines is 2. The highest BCUT2D eigenvalue weighted by molar-refractivity contribution is 5.98. The summed E-state index contributed by atoms with van der Waals surface area (Å²) in [6.45, 7) is 7.21. The number of hydrogen-bond donors (Lipinski definition) is 0. The normalized spacial score (nSPS) is 16.8. The molecule has 4 rings (SSSR count). The molecule has 2 aromatic carbocycles. The Labute approximate surface area is 239 Å². The lowest BCUT2D eigenvalue weighted by molar-refractivity contribution is -0.152. The maximum atomic E-state index is 12.6. The zero-order chi connectivity index (χ0) is 29.0. The molecule has 41 heavy (non-hydrogen) atoms. The number of morpholine rings is 2. The van der Waals surface area contributed by atoms with Gasteiger partial charge in [-0.05, 0) is 54.5 Å². The van der Waals surface area contributed by atoms with E-state index < -0.39 is 18.0 Å². The van der Waals surface area contributed by atoms with Gasteiger partial charge in [-0.3, -0.25) is 0 Å². The molecule has 212 valence electrons. The number of rotatable bonds is 9. The maximum Gasteiger partial charge on any atom is 0.349 e. The van der Waals surface area contributed by atoms with Crippen LogP contribution in [0.4, 0.5) is 11.4 Å². The second kappa shape index (κ2) is 14.7. The van der Waals surface area contributed by atoms with Crippen molar-refractivity contribution >= 4 is 35.5 Å². The number of nitrogens with zero attached hydrogens (tertiary/aromatic N) is 4. The summed E-state index contributed by atoms with van der Waals surface area (Å²) in [4.78, 5) is 29.5. The molecule has 10 heteroatoms. The molecule has 2 heterocycles. The summed E-state index contributed by atoms with van der Waals surface area (Å²) in [6.07, 6.45) is 2.06. The fourth-order valence-electron chi connectivity index (χ4n) is 4.36. The van der Waals surface area contributed by atoms with Gasteiger partial charge in [-0.2, -0.15) is 10.5 Å². The average molecular weight is 557 g/mol. The number of benzene rings is 2. The van der Waals surface area contributed by atoms with Gasteiger partial charge >= 0.3 is 11.9 Å². The molecule has 2 aromatic rings. The van der Waals surface area contributed by atoms with Crippen molar-refractivity contribution in [2.24, 2.45) is 0 Å². The average Bonchev–Trinajstić information content (AvgIpc) is 3.02. The quantitative estimate of drug-likeness (QED) is 0.258. The van der Waals surface area contributed by atoms with Crippen molar-refractivity contribution in [3.8, 4) is 12.1 Å². The van der Waals surface area contributed by atoms with Crippen molar-refractivity contribution in [3.63, 3.8) is 0 Å². The van der Waals surface area contributed by atoms with Crippen LogP contribution in [0, 0.1) is 22.7 Å². The smallest absolute Gasteiger partial charge is 0.349 e. The minimum Gasteiger partial charge on any atom is -0.458 e. The van der Waals surface area contributed by atoms with E-state index in [1.165, 1.54) is 19.1 Å². The number of esters is 2. The summed E-state index contributed by atoms with van der Waals surface area (Å²) in [6, 6.07) is 18.7. The highest BCUT2D eigenvalue weighted by atomic mass is 16.6. The van der Waals surface area contributed by atoms with Crippen molar-refractivity contribution < 1.29 is 28.5 Å². The number of carbonyl (C=O) groups is 2. The summed E-state index contributed by atoms with van der Waals surface area (Å²) in [5.74, 6) is -1.66. The lowest BCUT2D eigenvalue weighted by Gasteiger charge is -2.28. The van der Waals surface area contributed by atoms with E-state index in [-0.39, 0.29) is 17.8 Å². The van der Waals surface area contributed by atoms with Gasteiger partial charge in [0.1, 0.15) is 36.0 Å². The van der Waals surface area contributed by atoms with Gasteiger partial charge in [0.15, 0.2) is 0 Å². The topological polar surface area (TPSA) is 125 Å². The van der Waals surface area contributed by atoms with E-state index in [9.17, 15) is 20.1 Å². The van der Waals surface area contributed by atoms with Gasteiger partial charge in [0.05, 0.1) is 26.4 Å². The Morgan fingerprint density at radius 1 is 0.780 bits per heavy atom. The van der Waals surface area contributed by atoms with Gasteiger partial charge in [0.25, 0.3) is 0 Å². The molecule has 0 radical (unpaired) electrons. The summed E-state index contributed by atoms with van der Waals surface area (Å²) in [7, 11) is 0. The van der Waals surface area contributed by atoms with Gasteiger partial charge < -0.3 is 28.7 Å². The molecule has 0 bridgehead atoms. The predicted molar refractivity (Wildman–Crippen MR) is 153 cm³/mol. The van der Waals surface area contributed by atoms with Crippen LogP contribution in [0.25, 0.3) is 12.2 Å². The summed E-state index contributed by atoms with van der Waals surface area (Å²) < 4.78 is 21.3. The fraction of sp³-hybridized carbons (Fsp3) is 0.355. The molecule has 1 unspecified atom stereocenters. The van der Waals surface area contributed by atoms with Gasteiger partial charge in [0, 0.05) is 37.6 Å². The van der Waals surface area contributed by atoms with E-state index in [4.69, 9.17) is 18.9 Å². The molecule has 2 fully saturated rings. The molecule has 10 nitrogen and oxygen atoms in total. The molecule has 0 amide bonds. The molecule has 2 aliphatic heterocycles. The van der Waals surface area contributed by atoms with Crippen LogP contribution in [0.1, 0.15) is 18.1 Å². The van der Waals surface area contributed by atoms with E-state index in [0.717, 1.165) is 37.6 Å². The zero-order valence-corrected chi connectivity index (χ0v) is 23.0. The van der Waals surface area contributed by atoms with Crippen molar-refractivity contribution in [1.82, 2.24) is 0 Å². The fourth-order valence-corrected chi connectivity index (χ4v) is 4.36. The first-order valence-corrected chi connectivity index (χ1v) is 13.4. The Morgan fingerprint density at radius 2 is 1.20 bits per heavy atom. The summed E-state index contributed by atoms with van der Waals surface area (Å²) in [5, 5.41) is 19.0. The van der Waals surface area contributed by atoms with Gasteiger partial charge in [-0.15, -0.1) is 0 Å². The number of carbonyl (C=O) groups excluding carboxylic acids is 2. The number of ether oxygens (including phenoxy) is 4. The Hall–Kier alpha value is -4.64. The highest BCUT2D eigenvalue weighted by Gasteiger charge is 2.19. The number of hydrogen-bond acceptors (Lipinski definition) is 10. The van der Waals surface area contributed by atoms with E-state index >= 15 is 0 Å². The van der Waals surface area contributed by atoms with Crippen LogP contribution < -0.4 is 9.80 Å². The highest BCUT2D eigenvalue weighted by Crippen LogP contribution is 2.20. The summed E-state index contributed by atoms with van der Waals surface area (Å²) >= 11 is 0. The second-order valence-electron chi connectivity index (χ2n) is 9.54. The molecule has 0 aromatic heterocycles. The first-order valence-electron chi connectivity index (χ1n) is 13.4. The van der Waals surface area contributed by atoms with Gasteiger partial charge in [-0.25, -0.2) is 9.59 Å². The molecule has 0 aliphatic carbocycles. The molecule has 0 saturated carbocycles. The molecular formula is C31H32N4O6. The molecule has 1 atom stereocenters. The van der Waals surface area contributed by atoms with Crippen molar-refractivity contribution in [1.29, 1.82) is 10.5 Å². The Kier molecular flexibility index (Phi) is 10.5. The first kappa shape index (κ1) is 29.3. The van der Waals surface area contributed by atoms with Crippen LogP contribution in [-0.4, -0.2) is 77.3 Å². The van der Waals surface area contributed by atoms with Crippen molar-refractivity contribution in [3.05, 3.63) is 70.8 Å². The van der Waals surface area contributed by atoms with Crippen LogP contribution in [-0.2, 0) is 28.5 Å². The van der Waals surface area contributed by atoms with E-state index in [1.54, 1.807) is 0 Å². The number of nitriles is 2. The minimum atomic E-state index is -0.834. The molecule has 0 N–H and O–H groups in total. The minimum absolute atomic E-state index is 0.180. The zero-order valence-electron chi connectivity index (χ0n) is 23.0. The third kappa shape index (κ3) is 8.42. The van der Waals surface area contributed by atoms with Crippen LogP contribution >= 0.6 is 0 Å².